The summed E-state index contributed by atoms with van der Waals surface area (Å²) < 4.78 is 0. The van der Waals surface area contributed by atoms with Crippen LogP contribution in [0, 0.1) is 0 Å². The van der Waals surface area contributed by atoms with E-state index in [4.69, 9.17) is 5.73 Å². The number of nitrogens with two attached hydrogens (primary N) is 1. The maximum Gasteiger partial charge on any atom is 0.246 e. The normalized spacial score (nSPS) is 19.6. The lowest BCUT2D eigenvalue weighted by molar-refractivity contribution is -0.130. The molecule has 1 amide bonds. The lowest BCUT2D eigenvalue weighted by Gasteiger charge is -2.35. The van der Waals surface area contributed by atoms with Crippen LogP contribution in [-0.2, 0) is 4.79 Å². The van der Waals surface area contributed by atoms with Crippen molar-refractivity contribution in [1.29, 1.82) is 0 Å². The van der Waals surface area contributed by atoms with Crippen LogP contribution in [0.3, 0.4) is 0 Å². The number of nitrogens with zero attached hydrogens (tertiary/aromatic N) is 1. The van der Waals surface area contributed by atoms with E-state index in [1.165, 1.54) is 0 Å². The molecule has 1 saturated heterocycles. The van der Waals surface area contributed by atoms with Crippen molar-refractivity contribution in [2.24, 2.45) is 5.73 Å². The molecule has 1 aliphatic heterocycles. The van der Waals surface area contributed by atoms with Crippen LogP contribution in [0.5, 0.6) is 0 Å². The van der Waals surface area contributed by atoms with E-state index in [0.717, 1.165) is 0 Å². The Balaban J connectivity index is 2.31. The van der Waals surface area contributed by atoms with Crippen LogP contribution in [0.1, 0.15) is 6.92 Å². The van der Waals surface area contributed by atoms with Crippen LogP contribution in [0.2, 0.25) is 0 Å². The Labute approximate surface area is 60.5 Å². The van der Waals surface area contributed by atoms with E-state index in [9.17, 15) is 4.79 Å². The fraction of sp³-hybridized carbons (Fsp3) is 0.571. The molecule has 0 aromatic rings. The van der Waals surface area contributed by atoms with Gasteiger partial charge in [0.15, 0.2) is 0 Å². The molecule has 0 saturated carbocycles. The van der Waals surface area contributed by atoms with Gasteiger partial charge in [-0.15, -0.1) is 0 Å². The Morgan fingerprint density at radius 2 is 2.30 bits per heavy atom. The lowest BCUT2D eigenvalue weighted by Crippen LogP contribution is -2.57. The highest BCUT2D eigenvalue weighted by Crippen LogP contribution is 2.05. The SMILES string of the molecule is C/C=C/C(=O)N1CC(N)C1. The molecule has 0 aliphatic carbocycles. The van der Waals surface area contributed by atoms with E-state index in [1.54, 1.807) is 17.1 Å². The molecule has 0 radical (unpaired) electrons. The Kier molecular flexibility index (Phi) is 2.06. The Morgan fingerprint density at radius 3 is 2.70 bits per heavy atom. The summed E-state index contributed by atoms with van der Waals surface area (Å²) in [5, 5.41) is 0. The zero-order chi connectivity index (χ0) is 7.56. The predicted molar refractivity (Wildman–Crippen MR) is 39.4 cm³/mol. The van der Waals surface area contributed by atoms with Crippen molar-refractivity contribution in [1.82, 2.24) is 4.90 Å². The maximum absolute atomic E-state index is 11.0. The zero-order valence-electron chi connectivity index (χ0n) is 6.08. The van der Waals surface area contributed by atoms with Gasteiger partial charge in [0.2, 0.25) is 5.91 Å². The molecule has 56 valence electrons. The number of hydrogen-bond donors (Lipinski definition) is 1. The Bertz CT molecular complexity index is 159. The number of carbonyl (C=O) groups excluding carboxylic acids is 1. The number of likely N-dealkylation sites (tertiary alicyclic amines) is 1. The fourth-order valence-electron chi connectivity index (χ4n) is 0.941. The molecule has 0 unspecified atom stereocenters. The molecule has 0 spiro atoms. The van der Waals surface area contributed by atoms with E-state index in [1.807, 2.05) is 6.92 Å². The van der Waals surface area contributed by atoms with Crippen LogP contribution >= 0.6 is 0 Å². The van der Waals surface area contributed by atoms with Crippen LogP contribution < -0.4 is 5.73 Å². The number of rotatable bonds is 1. The van der Waals surface area contributed by atoms with Crippen molar-refractivity contribution < 1.29 is 4.79 Å². The third-order valence-electron chi connectivity index (χ3n) is 1.53. The van der Waals surface area contributed by atoms with Gasteiger partial charge in [-0.25, -0.2) is 0 Å². The van der Waals surface area contributed by atoms with Crippen molar-refractivity contribution in [2.45, 2.75) is 13.0 Å². The first-order valence-corrected chi connectivity index (χ1v) is 3.41. The fourth-order valence-corrected chi connectivity index (χ4v) is 0.941. The summed E-state index contributed by atoms with van der Waals surface area (Å²) in [5.41, 5.74) is 5.48. The van der Waals surface area contributed by atoms with Crippen LogP contribution in [0.15, 0.2) is 12.2 Å². The summed E-state index contributed by atoms with van der Waals surface area (Å²) in [4.78, 5) is 12.7. The monoisotopic (exact) mass is 140 g/mol. The van der Waals surface area contributed by atoms with Gasteiger partial charge in [-0.3, -0.25) is 4.79 Å². The molecule has 2 N–H and O–H groups in total. The van der Waals surface area contributed by atoms with Gasteiger partial charge in [-0.2, -0.15) is 0 Å². The summed E-state index contributed by atoms with van der Waals surface area (Å²) >= 11 is 0. The van der Waals surface area contributed by atoms with Crippen molar-refractivity contribution in [3.8, 4) is 0 Å². The summed E-state index contributed by atoms with van der Waals surface area (Å²) in [5.74, 6) is 0.0733. The van der Waals surface area contributed by atoms with Crippen LogP contribution in [0.25, 0.3) is 0 Å². The second kappa shape index (κ2) is 2.84. The molecule has 0 aromatic heterocycles. The second-order valence-electron chi connectivity index (χ2n) is 2.50. The van der Waals surface area contributed by atoms with E-state index in [2.05, 4.69) is 0 Å². The minimum atomic E-state index is 0.0733. The largest absolute Gasteiger partial charge is 0.336 e. The maximum atomic E-state index is 11.0. The zero-order valence-corrected chi connectivity index (χ0v) is 6.08. The topological polar surface area (TPSA) is 46.3 Å². The molecule has 1 fully saturated rings. The first-order chi connectivity index (χ1) is 4.74. The number of carbonyl (C=O) groups is 1. The molecule has 1 heterocycles. The highest BCUT2D eigenvalue weighted by molar-refractivity contribution is 5.88. The summed E-state index contributed by atoms with van der Waals surface area (Å²) in [6.07, 6.45) is 3.30. The standard InChI is InChI=1S/C7H12N2O/c1-2-3-7(10)9-4-6(8)5-9/h2-3,6H,4-5,8H2,1H3/b3-2+. The van der Waals surface area contributed by atoms with Crippen molar-refractivity contribution in [2.75, 3.05) is 13.1 Å². The van der Waals surface area contributed by atoms with Crippen molar-refractivity contribution in [3.05, 3.63) is 12.2 Å². The molecule has 3 heteroatoms. The van der Waals surface area contributed by atoms with Crippen LogP contribution in [0.4, 0.5) is 0 Å². The molecule has 10 heavy (non-hydrogen) atoms. The lowest BCUT2D eigenvalue weighted by atomic mass is 10.1. The van der Waals surface area contributed by atoms with E-state index in [0.29, 0.717) is 13.1 Å². The third-order valence-corrected chi connectivity index (χ3v) is 1.53. The van der Waals surface area contributed by atoms with Gasteiger partial charge in [0.25, 0.3) is 0 Å². The van der Waals surface area contributed by atoms with Crippen molar-refractivity contribution >= 4 is 5.91 Å². The van der Waals surface area contributed by atoms with Gasteiger partial charge in [-0.05, 0) is 13.0 Å². The van der Waals surface area contributed by atoms with E-state index >= 15 is 0 Å². The average Bonchev–Trinajstić information content (AvgIpc) is 1.82. The number of allylic oxidation sites excluding steroid dienone is 1. The third kappa shape index (κ3) is 1.36. The summed E-state index contributed by atoms with van der Waals surface area (Å²) in [6.45, 7) is 3.25. The van der Waals surface area contributed by atoms with E-state index < -0.39 is 0 Å². The van der Waals surface area contributed by atoms with Gasteiger partial charge in [0.1, 0.15) is 0 Å². The smallest absolute Gasteiger partial charge is 0.246 e. The molecular formula is C7H12N2O. The minimum absolute atomic E-state index is 0.0733. The van der Waals surface area contributed by atoms with Crippen molar-refractivity contribution in [3.63, 3.8) is 0 Å². The van der Waals surface area contributed by atoms with Gasteiger partial charge >= 0.3 is 0 Å². The Morgan fingerprint density at radius 1 is 1.70 bits per heavy atom. The predicted octanol–water partition coefficient (Wildman–Crippen LogP) is -0.268. The highest BCUT2D eigenvalue weighted by atomic mass is 16.2. The van der Waals surface area contributed by atoms with Crippen LogP contribution in [-0.4, -0.2) is 29.9 Å². The molecule has 0 aromatic carbocycles. The van der Waals surface area contributed by atoms with E-state index in [-0.39, 0.29) is 11.9 Å². The molecule has 0 bridgehead atoms. The molecule has 3 nitrogen and oxygen atoms in total. The highest BCUT2D eigenvalue weighted by Gasteiger charge is 2.25. The average molecular weight is 140 g/mol. The van der Waals surface area contributed by atoms with Gasteiger partial charge in [0.05, 0.1) is 0 Å². The quantitative estimate of drug-likeness (QED) is 0.510. The summed E-state index contributed by atoms with van der Waals surface area (Å²) in [6, 6.07) is 0.203. The molecule has 0 atom stereocenters. The molecule has 1 rings (SSSR count). The van der Waals surface area contributed by atoms with Gasteiger partial charge < -0.3 is 10.6 Å². The Hall–Kier alpha value is -0.830. The number of hydrogen-bond acceptors (Lipinski definition) is 2. The van der Waals surface area contributed by atoms with Gasteiger partial charge in [-0.1, -0.05) is 6.08 Å². The first-order valence-electron chi connectivity index (χ1n) is 3.41. The molecule has 1 aliphatic rings. The minimum Gasteiger partial charge on any atom is -0.336 e. The molecular weight excluding hydrogens is 128 g/mol. The van der Waals surface area contributed by atoms with Gasteiger partial charge in [0, 0.05) is 19.1 Å². The second-order valence-corrected chi connectivity index (χ2v) is 2.50. The number of amides is 1. The summed E-state index contributed by atoms with van der Waals surface area (Å²) in [7, 11) is 0. The first kappa shape index (κ1) is 7.28.